The number of nitrogens with zero attached hydrogens (tertiary/aromatic N) is 4. The van der Waals surface area contributed by atoms with Gasteiger partial charge in [-0.2, -0.15) is 5.10 Å². The topological polar surface area (TPSA) is 93.3 Å². The summed E-state index contributed by atoms with van der Waals surface area (Å²) in [6.07, 6.45) is 3.15. The highest BCUT2D eigenvalue weighted by Crippen LogP contribution is 2.24. The van der Waals surface area contributed by atoms with Crippen LogP contribution in [0.2, 0.25) is 0 Å². The Morgan fingerprint density at radius 3 is 2.59 bits per heavy atom. The van der Waals surface area contributed by atoms with Crippen LogP contribution in [0.1, 0.15) is 30.9 Å². The monoisotopic (exact) mass is 303 g/mol. The molecule has 1 saturated heterocycles. The van der Waals surface area contributed by atoms with E-state index in [0.717, 1.165) is 21.9 Å². The van der Waals surface area contributed by atoms with Gasteiger partial charge in [0.05, 0.1) is 24.1 Å². The molecule has 0 aromatic carbocycles. The Bertz CT molecular complexity index is 739. The Morgan fingerprint density at radius 2 is 2.05 bits per heavy atom. The highest BCUT2D eigenvalue weighted by molar-refractivity contribution is 6.22. The van der Waals surface area contributed by atoms with Gasteiger partial charge in [-0.15, -0.1) is 0 Å². The maximum atomic E-state index is 12.3. The number of hydrogen-bond donors (Lipinski definition) is 1. The zero-order valence-electron chi connectivity index (χ0n) is 12.9. The summed E-state index contributed by atoms with van der Waals surface area (Å²) in [5, 5.41) is 10.7. The van der Waals surface area contributed by atoms with Gasteiger partial charge in [-0.3, -0.25) is 9.48 Å². The number of anilines is 1. The third-order valence-corrected chi connectivity index (χ3v) is 3.74. The standard InChI is InChI=1S/C14H17N5O3/c1-8-11(9(2)22-17-8)7-18-6-10(5-15-18)19-12(20)14(3,4)16-13(19)21/h5-6H,7H2,1-4H3,(H,16,21). The smallest absolute Gasteiger partial charge is 0.329 e. The number of nitrogens with one attached hydrogen (secondary N) is 1. The van der Waals surface area contributed by atoms with E-state index < -0.39 is 11.6 Å². The number of carbonyl (C=O) groups is 2. The molecule has 8 heteroatoms. The Morgan fingerprint density at radius 1 is 1.32 bits per heavy atom. The van der Waals surface area contributed by atoms with Crippen molar-refractivity contribution in [2.24, 2.45) is 0 Å². The van der Waals surface area contributed by atoms with Gasteiger partial charge < -0.3 is 9.84 Å². The minimum atomic E-state index is -0.902. The molecule has 1 aliphatic rings. The molecule has 1 fully saturated rings. The summed E-state index contributed by atoms with van der Waals surface area (Å²) in [6.45, 7) is 7.49. The van der Waals surface area contributed by atoms with Gasteiger partial charge in [0, 0.05) is 11.8 Å². The molecule has 2 aromatic rings. The summed E-state index contributed by atoms with van der Waals surface area (Å²) >= 11 is 0. The Balaban J connectivity index is 1.86. The van der Waals surface area contributed by atoms with Crippen molar-refractivity contribution in [1.82, 2.24) is 20.3 Å². The molecule has 0 spiro atoms. The molecule has 22 heavy (non-hydrogen) atoms. The largest absolute Gasteiger partial charge is 0.361 e. The first-order chi connectivity index (χ1) is 10.3. The van der Waals surface area contributed by atoms with Crippen LogP contribution in [-0.4, -0.2) is 32.4 Å². The fourth-order valence-corrected chi connectivity index (χ4v) is 2.43. The first kappa shape index (κ1) is 14.3. The quantitative estimate of drug-likeness (QED) is 0.864. The zero-order chi connectivity index (χ0) is 16.1. The number of hydrogen-bond acceptors (Lipinski definition) is 5. The lowest BCUT2D eigenvalue weighted by Crippen LogP contribution is -2.40. The number of aromatic nitrogens is 3. The number of carbonyl (C=O) groups excluding carboxylic acids is 2. The third-order valence-electron chi connectivity index (χ3n) is 3.74. The Labute approximate surface area is 127 Å². The summed E-state index contributed by atoms with van der Waals surface area (Å²) in [4.78, 5) is 25.3. The summed E-state index contributed by atoms with van der Waals surface area (Å²) in [6, 6.07) is -0.438. The molecule has 3 heterocycles. The van der Waals surface area contributed by atoms with E-state index in [2.05, 4.69) is 15.6 Å². The molecular formula is C14H17N5O3. The lowest BCUT2D eigenvalue weighted by atomic mass is 10.1. The lowest BCUT2D eigenvalue weighted by molar-refractivity contribution is -0.121. The second-order valence-electron chi connectivity index (χ2n) is 5.89. The van der Waals surface area contributed by atoms with Gasteiger partial charge in [-0.1, -0.05) is 5.16 Å². The van der Waals surface area contributed by atoms with Crippen molar-refractivity contribution in [2.75, 3.05) is 4.90 Å². The molecule has 0 unspecified atom stereocenters. The van der Waals surface area contributed by atoms with Crippen LogP contribution in [-0.2, 0) is 11.3 Å². The van der Waals surface area contributed by atoms with E-state index in [1.807, 2.05) is 13.8 Å². The van der Waals surface area contributed by atoms with E-state index in [4.69, 9.17) is 4.52 Å². The molecule has 0 bridgehead atoms. The van der Waals surface area contributed by atoms with Gasteiger partial charge >= 0.3 is 6.03 Å². The molecule has 3 amide bonds. The van der Waals surface area contributed by atoms with Crippen LogP contribution in [0.5, 0.6) is 0 Å². The van der Waals surface area contributed by atoms with Crippen molar-refractivity contribution >= 4 is 17.6 Å². The van der Waals surface area contributed by atoms with Crippen molar-refractivity contribution in [1.29, 1.82) is 0 Å². The van der Waals surface area contributed by atoms with Crippen LogP contribution in [0.3, 0.4) is 0 Å². The zero-order valence-corrected chi connectivity index (χ0v) is 12.9. The van der Waals surface area contributed by atoms with Crippen molar-refractivity contribution in [3.05, 3.63) is 29.4 Å². The average Bonchev–Trinajstić information content (AvgIpc) is 3.05. The number of urea groups is 1. The highest BCUT2D eigenvalue weighted by Gasteiger charge is 2.45. The van der Waals surface area contributed by atoms with Crippen LogP contribution in [0.15, 0.2) is 16.9 Å². The van der Waals surface area contributed by atoms with E-state index in [1.165, 1.54) is 6.20 Å². The molecule has 1 N–H and O–H groups in total. The lowest BCUT2D eigenvalue weighted by Gasteiger charge is -2.14. The predicted octanol–water partition coefficient (Wildman–Crippen LogP) is 1.37. The van der Waals surface area contributed by atoms with Crippen molar-refractivity contribution in [2.45, 2.75) is 39.8 Å². The van der Waals surface area contributed by atoms with Gasteiger partial charge in [0.2, 0.25) is 0 Å². The fourth-order valence-electron chi connectivity index (χ4n) is 2.43. The normalized spacial score (nSPS) is 17.2. The molecule has 2 aromatic heterocycles. The molecule has 8 nitrogen and oxygen atoms in total. The van der Waals surface area contributed by atoms with Crippen molar-refractivity contribution in [3.63, 3.8) is 0 Å². The fraction of sp³-hybridized carbons (Fsp3) is 0.429. The number of aryl methyl sites for hydroxylation is 2. The van der Waals surface area contributed by atoms with E-state index in [9.17, 15) is 9.59 Å². The number of amides is 3. The Kier molecular flexibility index (Phi) is 3.05. The van der Waals surface area contributed by atoms with Gasteiger partial charge in [0.25, 0.3) is 5.91 Å². The number of imide groups is 1. The minimum absolute atomic E-state index is 0.297. The van der Waals surface area contributed by atoms with Crippen LogP contribution >= 0.6 is 0 Å². The first-order valence-electron chi connectivity index (χ1n) is 6.90. The molecule has 0 saturated carbocycles. The maximum absolute atomic E-state index is 12.3. The molecule has 116 valence electrons. The van der Waals surface area contributed by atoms with Crippen molar-refractivity contribution < 1.29 is 14.1 Å². The predicted molar refractivity (Wildman–Crippen MR) is 77.4 cm³/mol. The second-order valence-corrected chi connectivity index (χ2v) is 5.89. The summed E-state index contributed by atoms with van der Waals surface area (Å²) in [5.41, 5.74) is 1.28. The van der Waals surface area contributed by atoms with Crippen LogP contribution in [0.4, 0.5) is 10.5 Å². The van der Waals surface area contributed by atoms with Gasteiger partial charge in [-0.25, -0.2) is 9.69 Å². The van der Waals surface area contributed by atoms with Crippen LogP contribution < -0.4 is 10.2 Å². The number of rotatable bonds is 3. The Hall–Kier alpha value is -2.64. The van der Waals surface area contributed by atoms with Gasteiger partial charge in [0.15, 0.2) is 0 Å². The van der Waals surface area contributed by atoms with Crippen molar-refractivity contribution in [3.8, 4) is 0 Å². The van der Waals surface area contributed by atoms with E-state index >= 15 is 0 Å². The van der Waals surface area contributed by atoms with E-state index in [0.29, 0.717) is 12.2 Å². The van der Waals surface area contributed by atoms with Gasteiger partial charge in [-0.05, 0) is 27.7 Å². The summed E-state index contributed by atoms with van der Waals surface area (Å²) in [7, 11) is 0. The SMILES string of the molecule is Cc1noc(C)c1Cn1cc(N2C(=O)NC(C)(C)C2=O)cn1. The van der Waals surface area contributed by atoms with Crippen LogP contribution in [0, 0.1) is 13.8 Å². The first-order valence-corrected chi connectivity index (χ1v) is 6.90. The molecule has 0 radical (unpaired) electrons. The van der Waals surface area contributed by atoms with E-state index in [1.54, 1.807) is 24.7 Å². The molecule has 3 rings (SSSR count). The maximum Gasteiger partial charge on any atom is 0.329 e. The molecule has 0 aliphatic carbocycles. The minimum Gasteiger partial charge on any atom is -0.361 e. The summed E-state index contributed by atoms with van der Waals surface area (Å²) in [5.74, 6) is 0.431. The summed E-state index contributed by atoms with van der Waals surface area (Å²) < 4.78 is 6.76. The highest BCUT2D eigenvalue weighted by atomic mass is 16.5. The molecule has 0 atom stereocenters. The third kappa shape index (κ3) is 2.16. The molecular weight excluding hydrogens is 286 g/mol. The van der Waals surface area contributed by atoms with E-state index in [-0.39, 0.29) is 5.91 Å². The van der Waals surface area contributed by atoms with Gasteiger partial charge in [0.1, 0.15) is 11.3 Å². The van der Waals surface area contributed by atoms with Crippen LogP contribution in [0.25, 0.3) is 0 Å². The second kappa shape index (κ2) is 4.69. The molecule has 1 aliphatic heterocycles. The average molecular weight is 303 g/mol.